The Bertz CT molecular complexity index is 132. The molecule has 1 rings (SSSR count). The molecule has 0 bridgehead atoms. The standard InChI is InChI=1S/C6H10N2O/c1-7-3-4-8(2)6(7)5-9/h3-6H,1-2H3. The van der Waals surface area contributed by atoms with E-state index < -0.39 is 0 Å². The molecule has 0 fully saturated rings. The van der Waals surface area contributed by atoms with Crippen LogP contribution < -0.4 is 0 Å². The van der Waals surface area contributed by atoms with Crippen LogP contribution in [-0.4, -0.2) is 36.3 Å². The second-order valence-electron chi connectivity index (χ2n) is 2.18. The van der Waals surface area contributed by atoms with Gasteiger partial charge in [0.15, 0.2) is 12.5 Å². The second kappa shape index (κ2) is 2.09. The number of hydrogen-bond acceptors (Lipinski definition) is 3. The van der Waals surface area contributed by atoms with Crippen molar-refractivity contribution in [1.82, 2.24) is 9.80 Å². The molecule has 9 heavy (non-hydrogen) atoms. The molecule has 0 spiro atoms. The van der Waals surface area contributed by atoms with Crippen molar-refractivity contribution in [3.8, 4) is 0 Å². The van der Waals surface area contributed by atoms with E-state index in [0.29, 0.717) is 0 Å². The van der Waals surface area contributed by atoms with Gasteiger partial charge in [-0.05, 0) is 0 Å². The molecule has 1 aliphatic heterocycles. The Balaban J connectivity index is 2.63. The highest BCUT2D eigenvalue weighted by atomic mass is 16.1. The number of nitrogens with zero attached hydrogens (tertiary/aromatic N) is 2. The summed E-state index contributed by atoms with van der Waals surface area (Å²) in [5.74, 6) is 0. The van der Waals surface area contributed by atoms with Gasteiger partial charge < -0.3 is 9.80 Å². The summed E-state index contributed by atoms with van der Waals surface area (Å²) >= 11 is 0. The highest BCUT2D eigenvalue weighted by molar-refractivity contribution is 5.58. The molecule has 3 nitrogen and oxygen atoms in total. The SMILES string of the molecule is CN1C=CN(C)C1C=O. The predicted molar refractivity (Wildman–Crippen MR) is 34.5 cm³/mol. The Hall–Kier alpha value is -0.990. The lowest BCUT2D eigenvalue weighted by atomic mass is 10.5. The number of rotatable bonds is 1. The van der Waals surface area contributed by atoms with E-state index in [2.05, 4.69) is 0 Å². The Morgan fingerprint density at radius 3 is 2.00 bits per heavy atom. The molecule has 0 atom stereocenters. The predicted octanol–water partition coefficient (Wildman–Crippen LogP) is -0.140. The van der Waals surface area contributed by atoms with Crippen LogP contribution in [0.15, 0.2) is 12.4 Å². The van der Waals surface area contributed by atoms with Crippen LogP contribution in [0.1, 0.15) is 0 Å². The van der Waals surface area contributed by atoms with E-state index in [1.807, 2.05) is 36.3 Å². The van der Waals surface area contributed by atoms with Crippen LogP contribution in [0.3, 0.4) is 0 Å². The van der Waals surface area contributed by atoms with E-state index >= 15 is 0 Å². The molecule has 0 unspecified atom stereocenters. The lowest BCUT2D eigenvalue weighted by Crippen LogP contribution is -2.35. The molecular formula is C6H10N2O. The normalized spacial score (nSPS) is 19.3. The first-order valence-electron chi connectivity index (χ1n) is 2.83. The van der Waals surface area contributed by atoms with Gasteiger partial charge in [0, 0.05) is 26.5 Å². The summed E-state index contributed by atoms with van der Waals surface area (Å²) in [4.78, 5) is 14.0. The number of hydrogen-bond donors (Lipinski definition) is 0. The average molecular weight is 126 g/mol. The van der Waals surface area contributed by atoms with E-state index in [4.69, 9.17) is 0 Å². The second-order valence-corrected chi connectivity index (χ2v) is 2.18. The van der Waals surface area contributed by atoms with Gasteiger partial charge in [0.05, 0.1) is 0 Å². The van der Waals surface area contributed by atoms with Crippen molar-refractivity contribution in [2.75, 3.05) is 14.1 Å². The summed E-state index contributed by atoms with van der Waals surface area (Å²) in [5, 5.41) is 0. The highest BCUT2D eigenvalue weighted by Crippen LogP contribution is 2.07. The van der Waals surface area contributed by atoms with Crippen molar-refractivity contribution in [3.63, 3.8) is 0 Å². The molecular weight excluding hydrogens is 116 g/mol. The maximum Gasteiger partial charge on any atom is 0.162 e. The Labute approximate surface area is 54.5 Å². The van der Waals surface area contributed by atoms with Crippen molar-refractivity contribution in [2.24, 2.45) is 0 Å². The largest absolute Gasteiger partial charge is 0.353 e. The molecule has 0 N–H and O–H groups in total. The summed E-state index contributed by atoms with van der Waals surface area (Å²) in [6, 6.07) is 0. The van der Waals surface area contributed by atoms with Crippen LogP contribution in [0.4, 0.5) is 0 Å². The third-order valence-electron chi connectivity index (χ3n) is 1.49. The molecule has 0 aromatic heterocycles. The molecule has 3 heteroatoms. The number of carbonyl (C=O) groups is 1. The molecule has 0 aromatic rings. The quantitative estimate of drug-likeness (QED) is 0.457. The number of aldehydes is 1. The fourth-order valence-electron chi connectivity index (χ4n) is 0.866. The summed E-state index contributed by atoms with van der Waals surface area (Å²) in [6.07, 6.45) is 4.57. The van der Waals surface area contributed by atoms with E-state index in [1.54, 1.807) is 0 Å². The molecule has 0 aromatic carbocycles. The maximum absolute atomic E-state index is 10.3. The fraction of sp³-hybridized carbons (Fsp3) is 0.500. The van der Waals surface area contributed by atoms with Gasteiger partial charge in [-0.1, -0.05) is 0 Å². The van der Waals surface area contributed by atoms with E-state index in [0.717, 1.165) is 6.29 Å². The fourth-order valence-corrected chi connectivity index (χ4v) is 0.866. The van der Waals surface area contributed by atoms with E-state index in [-0.39, 0.29) is 6.17 Å². The van der Waals surface area contributed by atoms with Crippen molar-refractivity contribution in [2.45, 2.75) is 6.17 Å². The summed E-state index contributed by atoms with van der Waals surface area (Å²) in [6.45, 7) is 0. The first-order valence-corrected chi connectivity index (χ1v) is 2.83. The lowest BCUT2D eigenvalue weighted by Gasteiger charge is -2.20. The zero-order chi connectivity index (χ0) is 6.85. The molecule has 0 radical (unpaired) electrons. The average Bonchev–Trinajstić information content (AvgIpc) is 2.12. The van der Waals surface area contributed by atoms with Gasteiger partial charge in [-0.3, -0.25) is 4.79 Å². The summed E-state index contributed by atoms with van der Waals surface area (Å²) < 4.78 is 0. The lowest BCUT2D eigenvalue weighted by molar-refractivity contribution is -0.114. The molecule has 50 valence electrons. The zero-order valence-electron chi connectivity index (χ0n) is 5.61. The first kappa shape index (κ1) is 6.13. The molecule has 0 saturated heterocycles. The van der Waals surface area contributed by atoms with E-state index in [9.17, 15) is 4.79 Å². The van der Waals surface area contributed by atoms with Gasteiger partial charge in [-0.15, -0.1) is 0 Å². The minimum Gasteiger partial charge on any atom is -0.353 e. The van der Waals surface area contributed by atoms with Gasteiger partial charge >= 0.3 is 0 Å². The third-order valence-corrected chi connectivity index (χ3v) is 1.49. The van der Waals surface area contributed by atoms with Crippen LogP contribution in [0.25, 0.3) is 0 Å². The van der Waals surface area contributed by atoms with Crippen LogP contribution in [0.2, 0.25) is 0 Å². The number of carbonyl (C=O) groups excluding carboxylic acids is 1. The van der Waals surface area contributed by atoms with Gasteiger partial charge in [0.1, 0.15) is 0 Å². The third kappa shape index (κ3) is 0.896. The van der Waals surface area contributed by atoms with Crippen molar-refractivity contribution < 1.29 is 4.79 Å². The zero-order valence-corrected chi connectivity index (χ0v) is 5.61. The van der Waals surface area contributed by atoms with Gasteiger partial charge in [0.2, 0.25) is 0 Å². The maximum atomic E-state index is 10.3. The van der Waals surface area contributed by atoms with Crippen LogP contribution in [0.5, 0.6) is 0 Å². The monoisotopic (exact) mass is 126 g/mol. The number of likely N-dealkylation sites (N-methyl/N-ethyl adjacent to an activating group) is 2. The Morgan fingerprint density at radius 2 is 1.78 bits per heavy atom. The van der Waals surface area contributed by atoms with E-state index in [1.165, 1.54) is 0 Å². The first-order chi connectivity index (χ1) is 4.25. The van der Waals surface area contributed by atoms with Gasteiger partial charge in [-0.25, -0.2) is 0 Å². The van der Waals surface area contributed by atoms with Crippen LogP contribution in [0, 0.1) is 0 Å². The van der Waals surface area contributed by atoms with Gasteiger partial charge in [-0.2, -0.15) is 0 Å². The molecule has 0 saturated carbocycles. The van der Waals surface area contributed by atoms with Crippen molar-refractivity contribution in [1.29, 1.82) is 0 Å². The van der Waals surface area contributed by atoms with Crippen LogP contribution in [-0.2, 0) is 4.79 Å². The minimum atomic E-state index is -0.0926. The van der Waals surface area contributed by atoms with Crippen LogP contribution >= 0.6 is 0 Å². The molecule has 0 aliphatic carbocycles. The van der Waals surface area contributed by atoms with Gasteiger partial charge in [0.25, 0.3) is 0 Å². The smallest absolute Gasteiger partial charge is 0.162 e. The summed E-state index contributed by atoms with van der Waals surface area (Å²) in [5.41, 5.74) is 0. The molecule has 1 aliphatic rings. The topological polar surface area (TPSA) is 23.6 Å². The van der Waals surface area contributed by atoms with Crippen molar-refractivity contribution >= 4 is 6.29 Å². The summed E-state index contributed by atoms with van der Waals surface area (Å²) in [7, 11) is 3.75. The minimum absolute atomic E-state index is 0.0926. The Kier molecular flexibility index (Phi) is 1.42. The Morgan fingerprint density at radius 1 is 1.33 bits per heavy atom. The molecule has 1 heterocycles. The highest BCUT2D eigenvalue weighted by Gasteiger charge is 2.18. The molecule has 0 amide bonds. The van der Waals surface area contributed by atoms with Crippen molar-refractivity contribution in [3.05, 3.63) is 12.4 Å².